The van der Waals surface area contributed by atoms with Crippen molar-refractivity contribution >= 4 is 22.3 Å². The Balaban J connectivity index is 1.85. The molecule has 0 atom stereocenters. The highest BCUT2D eigenvalue weighted by atomic mass is 19.1. The molecule has 5 rings (SSSR count). The SMILES string of the molecule is C=C1C=C(C)c2ccc3oc(C(=O)c4cc(F)ccc4F)c(-c4ccccc4)c3c2O1. The van der Waals surface area contributed by atoms with E-state index in [0.717, 1.165) is 29.3 Å². The summed E-state index contributed by atoms with van der Waals surface area (Å²) in [5.74, 6) is -1.38. The first kappa shape index (κ1) is 19.0. The summed E-state index contributed by atoms with van der Waals surface area (Å²) in [7, 11) is 0. The summed E-state index contributed by atoms with van der Waals surface area (Å²) in [4.78, 5) is 13.3. The molecule has 0 saturated heterocycles. The molecule has 0 bridgehead atoms. The van der Waals surface area contributed by atoms with Crippen LogP contribution >= 0.6 is 0 Å². The molecule has 2 heterocycles. The third-order valence-corrected chi connectivity index (χ3v) is 5.29. The summed E-state index contributed by atoms with van der Waals surface area (Å²) in [5, 5.41) is 0.581. The van der Waals surface area contributed by atoms with E-state index in [2.05, 4.69) is 6.58 Å². The Morgan fingerprint density at radius 2 is 1.77 bits per heavy atom. The van der Waals surface area contributed by atoms with E-state index in [9.17, 15) is 13.6 Å². The fourth-order valence-corrected chi connectivity index (χ4v) is 3.89. The predicted octanol–water partition coefficient (Wildman–Crippen LogP) is 6.92. The van der Waals surface area contributed by atoms with Gasteiger partial charge in [-0.2, -0.15) is 0 Å². The zero-order valence-electron chi connectivity index (χ0n) is 16.5. The van der Waals surface area contributed by atoms with Crippen molar-refractivity contribution in [1.82, 2.24) is 0 Å². The van der Waals surface area contributed by atoms with Crippen LogP contribution in [0.3, 0.4) is 0 Å². The molecular formula is C26H16F2O3. The maximum Gasteiger partial charge on any atom is 0.231 e. The number of fused-ring (bicyclic) bond motifs is 3. The van der Waals surface area contributed by atoms with Gasteiger partial charge in [0.2, 0.25) is 5.78 Å². The molecule has 31 heavy (non-hydrogen) atoms. The largest absolute Gasteiger partial charge is 0.457 e. The lowest BCUT2D eigenvalue weighted by atomic mass is 9.94. The summed E-state index contributed by atoms with van der Waals surface area (Å²) < 4.78 is 40.1. The molecule has 0 spiro atoms. The van der Waals surface area contributed by atoms with Gasteiger partial charge in [-0.25, -0.2) is 8.78 Å². The molecule has 0 fully saturated rings. The number of hydrogen-bond donors (Lipinski definition) is 0. The predicted molar refractivity (Wildman–Crippen MR) is 115 cm³/mol. The topological polar surface area (TPSA) is 39.4 Å². The number of carbonyl (C=O) groups is 1. The molecule has 0 amide bonds. The van der Waals surface area contributed by atoms with Crippen LogP contribution in [-0.2, 0) is 0 Å². The summed E-state index contributed by atoms with van der Waals surface area (Å²) >= 11 is 0. The van der Waals surface area contributed by atoms with Crippen LogP contribution in [-0.4, -0.2) is 5.78 Å². The number of allylic oxidation sites excluding steroid dienone is 2. The molecule has 1 aliphatic heterocycles. The number of ether oxygens (including phenoxy) is 1. The van der Waals surface area contributed by atoms with Gasteiger partial charge in [-0.3, -0.25) is 4.79 Å². The van der Waals surface area contributed by atoms with E-state index >= 15 is 0 Å². The van der Waals surface area contributed by atoms with Gasteiger partial charge in [0.05, 0.1) is 10.9 Å². The van der Waals surface area contributed by atoms with Crippen LogP contribution in [0.2, 0.25) is 0 Å². The van der Waals surface area contributed by atoms with E-state index in [-0.39, 0.29) is 5.76 Å². The molecule has 1 aliphatic rings. The van der Waals surface area contributed by atoms with Crippen molar-refractivity contribution in [2.24, 2.45) is 0 Å². The molecule has 0 unspecified atom stereocenters. The number of benzene rings is 3. The van der Waals surface area contributed by atoms with Crippen molar-refractivity contribution in [3.05, 3.63) is 108 Å². The monoisotopic (exact) mass is 414 g/mol. The fourth-order valence-electron chi connectivity index (χ4n) is 3.89. The molecule has 152 valence electrons. The summed E-state index contributed by atoms with van der Waals surface area (Å²) in [6.07, 6.45) is 1.82. The van der Waals surface area contributed by atoms with Gasteiger partial charge in [0.15, 0.2) is 5.76 Å². The first-order valence-electron chi connectivity index (χ1n) is 9.64. The lowest BCUT2D eigenvalue weighted by molar-refractivity contribution is 0.101. The first-order chi connectivity index (χ1) is 14.9. The van der Waals surface area contributed by atoms with E-state index in [1.807, 2.05) is 49.4 Å². The lowest BCUT2D eigenvalue weighted by Gasteiger charge is -2.18. The molecule has 5 heteroatoms. The van der Waals surface area contributed by atoms with Gasteiger partial charge >= 0.3 is 0 Å². The summed E-state index contributed by atoms with van der Waals surface area (Å²) in [6, 6.07) is 15.5. The zero-order valence-corrected chi connectivity index (χ0v) is 16.5. The first-order valence-corrected chi connectivity index (χ1v) is 9.64. The molecule has 0 aliphatic carbocycles. The molecule has 4 aromatic rings. The standard InChI is InChI=1S/C26H16F2O3/c1-14-12-15(2)30-25-18(14)9-11-21-23(25)22(16-6-4-3-5-7-16)26(31-21)24(29)19-13-17(27)8-10-20(19)28/h3-13H,2H2,1H3. The van der Waals surface area contributed by atoms with Crippen LogP contribution in [0.5, 0.6) is 5.75 Å². The van der Waals surface area contributed by atoms with Crippen molar-refractivity contribution in [1.29, 1.82) is 0 Å². The Labute approximate surface area is 176 Å². The lowest BCUT2D eigenvalue weighted by Crippen LogP contribution is -2.05. The van der Waals surface area contributed by atoms with Crippen LogP contribution in [0.15, 0.2) is 83.5 Å². The van der Waals surface area contributed by atoms with Crippen molar-refractivity contribution in [2.75, 3.05) is 0 Å². The van der Waals surface area contributed by atoms with Gasteiger partial charge in [-0.1, -0.05) is 36.9 Å². The van der Waals surface area contributed by atoms with E-state index in [1.165, 1.54) is 0 Å². The minimum Gasteiger partial charge on any atom is -0.457 e. The maximum atomic E-state index is 14.4. The number of halogens is 2. The summed E-state index contributed by atoms with van der Waals surface area (Å²) in [5.41, 5.74) is 2.96. The number of ketones is 1. The van der Waals surface area contributed by atoms with Crippen molar-refractivity contribution < 1.29 is 22.7 Å². The van der Waals surface area contributed by atoms with Crippen molar-refractivity contribution in [3.8, 4) is 16.9 Å². The number of furan rings is 1. The molecule has 0 saturated carbocycles. The minimum atomic E-state index is -0.823. The van der Waals surface area contributed by atoms with Gasteiger partial charge in [-0.15, -0.1) is 0 Å². The van der Waals surface area contributed by atoms with E-state index in [1.54, 1.807) is 6.07 Å². The quantitative estimate of drug-likeness (QED) is 0.342. The molecule has 3 nitrogen and oxygen atoms in total. The zero-order chi connectivity index (χ0) is 21.7. The Kier molecular flexibility index (Phi) is 4.33. The highest BCUT2D eigenvalue weighted by Crippen LogP contribution is 2.46. The Hall–Kier alpha value is -3.99. The van der Waals surface area contributed by atoms with Gasteiger partial charge in [0, 0.05) is 11.1 Å². The minimum absolute atomic E-state index is 0.0829. The Morgan fingerprint density at radius 3 is 2.55 bits per heavy atom. The average Bonchev–Trinajstić information content (AvgIpc) is 3.15. The van der Waals surface area contributed by atoms with E-state index in [0.29, 0.717) is 33.6 Å². The number of carbonyl (C=O) groups excluding carboxylic acids is 1. The van der Waals surface area contributed by atoms with Gasteiger partial charge in [0.1, 0.15) is 28.7 Å². The van der Waals surface area contributed by atoms with Crippen LogP contribution in [0, 0.1) is 11.6 Å². The molecule has 1 aromatic heterocycles. The van der Waals surface area contributed by atoms with Gasteiger partial charge in [0.25, 0.3) is 0 Å². The highest BCUT2D eigenvalue weighted by molar-refractivity contribution is 6.17. The van der Waals surface area contributed by atoms with Crippen molar-refractivity contribution in [2.45, 2.75) is 6.92 Å². The third-order valence-electron chi connectivity index (χ3n) is 5.29. The fraction of sp³-hybridized carbons (Fsp3) is 0.0385. The van der Waals surface area contributed by atoms with Crippen molar-refractivity contribution in [3.63, 3.8) is 0 Å². The smallest absolute Gasteiger partial charge is 0.231 e. The average molecular weight is 414 g/mol. The second kappa shape index (κ2) is 7.06. The van der Waals surface area contributed by atoms with Crippen LogP contribution in [0.1, 0.15) is 28.6 Å². The van der Waals surface area contributed by atoms with E-state index < -0.39 is 23.0 Å². The second-order valence-corrected chi connectivity index (χ2v) is 7.34. The Morgan fingerprint density at radius 1 is 1.00 bits per heavy atom. The molecule has 0 radical (unpaired) electrons. The third kappa shape index (κ3) is 3.06. The summed E-state index contributed by atoms with van der Waals surface area (Å²) in [6.45, 7) is 5.84. The highest BCUT2D eigenvalue weighted by Gasteiger charge is 2.29. The maximum absolute atomic E-state index is 14.4. The van der Waals surface area contributed by atoms with Crippen LogP contribution in [0.25, 0.3) is 27.7 Å². The van der Waals surface area contributed by atoms with Crippen LogP contribution < -0.4 is 4.74 Å². The van der Waals surface area contributed by atoms with E-state index in [4.69, 9.17) is 9.15 Å². The van der Waals surface area contributed by atoms with Crippen LogP contribution in [0.4, 0.5) is 8.78 Å². The molecule has 0 N–H and O–H groups in total. The van der Waals surface area contributed by atoms with Gasteiger partial charge in [-0.05, 0) is 54.5 Å². The molecule has 3 aromatic carbocycles. The normalized spacial score (nSPS) is 13.0. The Bertz CT molecular complexity index is 1410. The van der Waals surface area contributed by atoms with Gasteiger partial charge < -0.3 is 9.15 Å². The second-order valence-electron chi connectivity index (χ2n) is 7.34. The number of hydrogen-bond acceptors (Lipinski definition) is 3. The molecular weight excluding hydrogens is 398 g/mol. The number of rotatable bonds is 3.